The molecule has 186 valence electrons. The Morgan fingerprint density at radius 2 is 1.78 bits per heavy atom. The van der Waals surface area contributed by atoms with Gasteiger partial charge in [0.1, 0.15) is 5.75 Å². The number of rotatable bonds is 6. The summed E-state index contributed by atoms with van der Waals surface area (Å²) >= 11 is 7.32. The van der Waals surface area contributed by atoms with Gasteiger partial charge in [0.2, 0.25) is 0 Å². The van der Waals surface area contributed by atoms with E-state index in [2.05, 4.69) is 10.3 Å². The summed E-state index contributed by atoms with van der Waals surface area (Å²) in [5.74, 6) is 0.413. The summed E-state index contributed by atoms with van der Waals surface area (Å²) in [6, 6.07) is 23.3. The lowest BCUT2D eigenvalue weighted by atomic mass is 9.95. The largest absolute Gasteiger partial charge is 0.494 e. The van der Waals surface area contributed by atoms with E-state index >= 15 is 0 Å². The van der Waals surface area contributed by atoms with E-state index in [1.807, 2.05) is 79.7 Å². The molecule has 8 heteroatoms. The molecule has 5 rings (SSSR count). The minimum atomic E-state index is -0.650. The zero-order chi connectivity index (χ0) is 25.9. The molecule has 1 atom stereocenters. The highest BCUT2D eigenvalue weighted by molar-refractivity contribution is 7.07. The number of para-hydroxylation sites is 1. The Labute approximate surface area is 222 Å². The predicted octanol–water partition coefficient (Wildman–Crippen LogP) is 4.93. The number of amides is 1. The number of ether oxygens (including phenoxy) is 1. The standard InChI is InChI=1S/C29H24ClN3O3S/c1-3-36-23-15-11-20(12-16-23)26-25(27(34)32-22-7-5-4-6-8-22)18(2)31-29-33(26)28(35)24(37-29)17-19-9-13-21(30)14-10-19/h4-17,26H,3H2,1-2H3,(H,32,34)/b24-17-/t26-/m0/s1. The Kier molecular flexibility index (Phi) is 7.08. The molecule has 3 aromatic carbocycles. The van der Waals surface area contributed by atoms with E-state index < -0.39 is 6.04 Å². The number of anilines is 1. The van der Waals surface area contributed by atoms with Gasteiger partial charge in [-0.25, -0.2) is 4.99 Å². The summed E-state index contributed by atoms with van der Waals surface area (Å²) in [4.78, 5) is 32.6. The van der Waals surface area contributed by atoms with Crippen molar-refractivity contribution in [2.75, 3.05) is 11.9 Å². The van der Waals surface area contributed by atoms with Crippen molar-refractivity contribution < 1.29 is 9.53 Å². The third-order valence-electron chi connectivity index (χ3n) is 5.97. The van der Waals surface area contributed by atoms with Gasteiger partial charge in [0.05, 0.1) is 28.5 Å². The Hall–Kier alpha value is -3.94. The van der Waals surface area contributed by atoms with Crippen LogP contribution in [0.15, 0.2) is 99.9 Å². The second kappa shape index (κ2) is 10.6. The predicted molar refractivity (Wildman–Crippen MR) is 148 cm³/mol. The van der Waals surface area contributed by atoms with Gasteiger partial charge in [0, 0.05) is 10.7 Å². The number of carbonyl (C=O) groups excluding carboxylic acids is 1. The van der Waals surface area contributed by atoms with Gasteiger partial charge >= 0.3 is 0 Å². The summed E-state index contributed by atoms with van der Waals surface area (Å²) in [6.45, 7) is 4.27. The molecule has 0 radical (unpaired) electrons. The van der Waals surface area contributed by atoms with Gasteiger partial charge in [-0.05, 0) is 67.4 Å². The summed E-state index contributed by atoms with van der Waals surface area (Å²) in [5, 5.41) is 3.59. The number of benzene rings is 3. The number of hydrogen-bond donors (Lipinski definition) is 1. The van der Waals surface area contributed by atoms with Gasteiger partial charge in [-0.2, -0.15) is 0 Å². The second-order valence-electron chi connectivity index (χ2n) is 8.46. The highest BCUT2D eigenvalue weighted by Gasteiger charge is 2.32. The van der Waals surface area contributed by atoms with Crippen molar-refractivity contribution in [2.45, 2.75) is 19.9 Å². The van der Waals surface area contributed by atoms with E-state index in [1.165, 1.54) is 11.3 Å². The topological polar surface area (TPSA) is 72.7 Å². The van der Waals surface area contributed by atoms with Crippen LogP contribution in [-0.4, -0.2) is 17.1 Å². The van der Waals surface area contributed by atoms with E-state index in [0.29, 0.717) is 37.9 Å². The number of allylic oxidation sites excluding steroid dienone is 1. The molecule has 37 heavy (non-hydrogen) atoms. The number of fused-ring (bicyclic) bond motifs is 1. The van der Waals surface area contributed by atoms with Crippen molar-refractivity contribution in [3.8, 4) is 5.75 Å². The zero-order valence-corrected chi connectivity index (χ0v) is 21.8. The van der Waals surface area contributed by atoms with Crippen LogP contribution >= 0.6 is 22.9 Å². The molecule has 1 aliphatic rings. The molecule has 1 aromatic heterocycles. The van der Waals surface area contributed by atoms with Gasteiger partial charge in [-0.3, -0.25) is 14.2 Å². The summed E-state index contributed by atoms with van der Waals surface area (Å²) in [6.07, 6.45) is 1.82. The van der Waals surface area contributed by atoms with Crippen molar-refractivity contribution in [3.63, 3.8) is 0 Å². The van der Waals surface area contributed by atoms with Crippen LogP contribution in [0, 0.1) is 0 Å². The molecule has 0 spiro atoms. The van der Waals surface area contributed by atoms with Gasteiger partial charge in [-0.1, -0.05) is 65.4 Å². The number of halogens is 1. The number of carbonyl (C=O) groups is 1. The summed E-state index contributed by atoms with van der Waals surface area (Å²) < 4.78 is 7.73. The number of hydrogen-bond acceptors (Lipinski definition) is 5. The highest BCUT2D eigenvalue weighted by atomic mass is 35.5. The number of thiazole rings is 1. The first kappa shape index (κ1) is 24.7. The van der Waals surface area contributed by atoms with E-state index in [9.17, 15) is 9.59 Å². The molecule has 0 aliphatic carbocycles. The van der Waals surface area contributed by atoms with Crippen molar-refractivity contribution in [3.05, 3.63) is 126 Å². The van der Waals surface area contributed by atoms with Crippen molar-refractivity contribution >= 4 is 40.6 Å². The zero-order valence-electron chi connectivity index (χ0n) is 20.3. The molecule has 0 bridgehead atoms. The molecule has 0 fully saturated rings. The molecule has 0 saturated carbocycles. The molecule has 1 amide bonds. The second-order valence-corrected chi connectivity index (χ2v) is 9.90. The Bertz CT molecular complexity index is 1650. The number of nitrogens with one attached hydrogen (secondary N) is 1. The molecule has 1 N–H and O–H groups in total. The average Bonchev–Trinajstić information content (AvgIpc) is 3.20. The molecular formula is C29H24ClN3O3S. The molecule has 6 nitrogen and oxygen atoms in total. The van der Waals surface area contributed by atoms with Gasteiger partial charge in [0.15, 0.2) is 4.80 Å². The lowest BCUT2D eigenvalue weighted by Crippen LogP contribution is -2.40. The third-order valence-corrected chi connectivity index (χ3v) is 7.21. The van der Waals surface area contributed by atoms with Crippen LogP contribution in [-0.2, 0) is 4.79 Å². The molecule has 4 aromatic rings. The van der Waals surface area contributed by atoms with E-state index in [0.717, 1.165) is 16.9 Å². The first-order chi connectivity index (χ1) is 17.9. The van der Waals surface area contributed by atoms with Crippen LogP contribution in [0.4, 0.5) is 5.69 Å². The van der Waals surface area contributed by atoms with Gasteiger partial charge < -0.3 is 10.1 Å². The SMILES string of the molecule is CCOc1ccc([C@H]2C(C(=O)Nc3ccccc3)=C(C)N=c3s/c(=C\c4ccc(Cl)cc4)c(=O)n32)cc1. The maximum absolute atomic E-state index is 13.7. The molecular weight excluding hydrogens is 506 g/mol. The average molecular weight is 530 g/mol. The van der Waals surface area contributed by atoms with Crippen LogP contribution in [0.5, 0.6) is 5.75 Å². The molecule has 2 heterocycles. The summed E-state index contributed by atoms with van der Waals surface area (Å²) in [7, 11) is 0. The summed E-state index contributed by atoms with van der Waals surface area (Å²) in [5.41, 5.74) is 3.07. The lowest BCUT2D eigenvalue weighted by molar-refractivity contribution is -0.113. The first-order valence-corrected chi connectivity index (χ1v) is 13.0. The lowest BCUT2D eigenvalue weighted by Gasteiger charge is -2.25. The highest BCUT2D eigenvalue weighted by Crippen LogP contribution is 2.31. The van der Waals surface area contributed by atoms with Crippen molar-refractivity contribution in [1.82, 2.24) is 4.57 Å². The fourth-order valence-corrected chi connectivity index (χ4v) is 5.44. The minimum Gasteiger partial charge on any atom is -0.494 e. The normalized spacial score (nSPS) is 15.2. The monoisotopic (exact) mass is 529 g/mol. The fourth-order valence-electron chi connectivity index (χ4n) is 4.27. The maximum atomic E-state index is 13.7. The Morgan fingerprint density at radius 1 is 1.08 bits per heavy atom. The van der Waals surface area contributed by atoms with E-state index in [4.69, 9.17) is 16.3 Å². The van der Waals surface area contributed by atoms with Crippen LogP contribution < -0.4 is 24.9 Å². The minimum absolute atomic E-state index is 0.213. The van der Waals surface area contributed by atoms with Crippen molar-refractivity contribution in [1.29, 1.82) is 0 Å². The quantitative estimate of drug-likeness (QED) is 0.385. The van der Waals surface area contributed by atoms with E-state index in [1.54, 1.807) is 23.6 Å². The molecule has 0 unspecified atom stereocenters. The van der Waals surface area contributed by atoms with Gasteiger partial charge in [0.25, 0.3) is 11.5 Å². The maximum Gasteiger partial charge on any atom is 0.271 e. The molecule has 0 saturated heterocycles. The van der Waals surface area contributed by atoms with Crippen molar-refractivity contribution in [2.24, 2.45) is 4.99 Å². The Balaban J connectivity index is 1.65. The smallest absolute Gasteiger partial charge is 0.271 e. The van der Waals surface area contributed by atoms with E-state index in [-0.39, 0.29) is 11.5 Å². The van der Waals surface area contributed by atoms with Gasteiger partial charge in [-0.15, -0.1) is 0 Å². The van der Waals surface area contributed by atoms with Crippen LogP contribution in [0.3, 0.4) is 0 Å². The van der Waals surface area contributed by atoms with Crippen LogP contribution in [0.2, 0.25) is 5.02 Å². The van der Waals surface area contributed by atoms with Crippen LogP contribution in [0.25, 0.3) is 6.08 Å². The first-order valence-electron chi connectivity index (χ1n) is 11.8. The van der Waals surface area contributed by atoms with Crippen LogP contribution in [0.1, 0.15) is 31.0 Å². The Morgan fingerprint density at radius 3 is 2.46 bits per heavy atom. The molecule has 1 aliphatic heterocycles. The number of aromatic nitrogens is 1. The third kappa shape index (κ3) is 5.14. The fraction of sp³-hybridized carbons (Fsp3) is 0.138. The number of nitrogens with zero attached hydrogens (tertiary/aromatic N) is 2.